The summed E-state index contributed by atoms with van der Waals surface area (Å²) in [7, 11) is 0. The number of H-pyrrole nitrogens is 1. The fraction of sp³-hybridized carbons (Fsp3) is 0.333. The van der Waals surface area contributed by atoms with Crippen LogP contribution in [0.4, 0.5) is 4.39 Å². The number of nitrogens with zero attached hydrogens (tertiary/aromatic N) is 4. The number of fused-ring (bicyclic) bond motifs is 1. The Hall–Kier alpha value is -3.19. The molecule has 5 rings (SSSR count). The molecule has 1 N–H and O–H groups in total. The van der Waals surface area contributed by atoms with Gasteiger partial charge in [0, 0.05) is 44.4 Å². The maximum atomic E-state index is 13.5. The fourth-order valence-corrected chi connectivity index (χ4v) is 4.24. The lowest BCUT2D eigenvalue weighted by molar-refractivity contribution is 0.241. The zero-order chi connectivity index (χ0) is 21.2. The van der Waals surface area contributed by atoms with Crippen LogP contribution in [0.2, 0.25) is 0 Å². The maximum absolute atomic E-state index is 13.5. The quantitative estimate of drug-likeness (QED) is 0.705. The van der Waals surface area contributed by atoms with Crippen LogP contribution in [-0.4, -0.2) is 38.7 Å². The predicted octanol–water partition coefficient (Wildman–Crippen LogP) is 3.50. The molecule has 2 aliphatic heterocycles. The molecule has 0 bridgehead atoms. The number of nitrogens with one attached hydrogen (secondary N) is 1. The van der Waals surface area contributed by atoms with E-state index in [4.69, 9.17) is 4.98 Å². The van der Waals surface area contributed by atoms with Gasteiger partial charge >= 0.3 is 0 Å². The molecule has 0 amide bonds. The number of aromatic amines is 1. The standard InChI is InChI=1S/C24H24FN5O/c25-18-5-3-4-17(12-18)20-8-7-16(13-27-20)14-30-11-9-21-19(15-30)24(31)29-23(28-21)22-6-1-2-10-26-22/h3-5,7-8,12-13H,1-2,6,9-11,14-15H2,(H,28,29,31). The lowest BCUT2D eigenvalue weighted by Gasteiger charge is -2.27. The SMILES string of the molecule is O=c1[nH]c(C2=NCCCC2)nc2c1CN(Cc1ccc(-c3cccc(F)c3)nc1)CC2. The Labute approximate surface area is 179 Å². The molecule has 31 heavy (non-hydrogen) atoms. The van der Waals surface area contributed by atoms with E-state index in [1.165, 1.54) is 12.1 Å². The molecule has 0 unspecified atom stereocenters. The van der Waals surface area contributed by atoms with Crippen molar-refractivity contribution in [1.82, 2.24) is 19.9 Å². The van der Waals surface area contributed by atoms with E-state index in [1.54, 1.807) is 6.07 Å². The summed E-state index contributed by atoms with van der Waals surface area (Å²) in [6.45, 7) is 2.91. The third-order valence-electron chi connectivity index (χ3n) is 5.90. The molecule has 2 aliphatic rings. The van der Waals surface area contributed by atoms with Crippen LogP contribution >= 0.6 is 0 Å². The van der Waals surface area contributed by atoms with Gasteiger partial charge in [-0.2, -0.15) is 0 Å². The minimum atomic E-state index is -0.270. The van der Waals surface area contributed by atoms with E-state index in [9.17, 15) is 9.18 Å². The number of aromatic nitrogens is 3. The van der Waals surface area contributed by atoms with Crippen LogP contribution in [-0.2, 0) is 19.5 Å². The van der Waals surface area contributed by atoms with E-state index in [1.807, 2.05) is 24.4 Å². The van der Waals surface area contributed by atoms with Crippen molar-refractivity contribution in [3.8, 4) is 11.3 Å². The van der Waals surface area contributed by atoms with Crippen LogP contribution in [0.3, 0.4) is 0 Å². The zero-order valence-electron chi connectivity index (χ0n) is 17.3. The van der Waals surface area contributed by atoms with Crippen molar-refractivity contribution in [3.05, 3.63) is 81.4 Å². The van der Waals surface area contributed by atoms with E-state index in [0.29, 0.717) is 18.9 Å². The van der Waals surface area contributed by atoms with Gasteiger partial charge in [0.15, 0.2) is 5.82 Å². The Kier molecular flexibility index (Phi) is 5.42. The summed E-state index contributed by atoms with van der Waals surface area (Å²) in [5, 5.41) is 0. The number of rotatable bonds is 4. The largest absolute Gasteiger partial charge is 0.305 e. The highest BCUT2D eigenvalue weighted by molar-refractivity contribution is 5.97. The average molecular weight is 417 g/mol. The Morgan fingerprint density at radius 2 is 2.06 bits per heavy atom. The first-order chi connectivity index (χ1) is 15.2. The number of halogens is 1. The molecule has 4 heterocycles. The molecular weight excluding hydrogens is 393 g/mol. The lowest BCUT2D eigenvalue weighted by atomic mass is 10.0. The Morgan fingerprint density at radius 1 is 1.13 bits per heavy atom. The van der Waals surface area contributed by atoms with E-state index in [0.717, 1.165) is 72.6 Å². The first-order valence-corrected chi connectivity index (χ1v) is 10.7. The maximum Gasteiger partial charge on any atom is 0.255 e. The molecule has 0 aliphatic carbocycles. The van der Waals surface area contributed by atoms with Gasteiger partial charge in [-0.1, -0.05) is 18.2 Å². The van der Waals surface area contributed by atoms with Gasteiger partial charge in [-0.3, -0.25) is 19.7 Å². The number of hydrogen-bond donors (Lipinski definition) is 1. The topological polar surface area (TPSA) is 74.2 Å². The van der Waals surface area contributed by atoms with Gasteiger partial charge in [-0.25, -0.2) is 9.37 Å². The van der Waals surface area contributed by atoms with Crippen molar-refractivity contribution >= 4 is 5.71 Å². The highest BCUT2D eigenvalue weighted by Gasteiger charge is 2.22. The molecule has 0 saturated carbocycles. The number of benzene rings is 1. The Morgan fingerprint density at radius 3 is 2.84 bits per heavy atom. The van der Waals surface area contributed by atoms with Gasteiger partial charge in [-0.05, 0) is 43.0 Å². The fourth-order valence-electron chi connectivity index (χ4n) is 4.24. The normalized spacial score (nSPS) is 16.6. The summed E-state index contributed by atoms with van der Waals surface area (Å²) in [6.07, 6.45) is 5.65. The molecule has 0 saturated heterocycles. The second-order valence-corrected chi connectivity index (χ2v) is 8.15. The van der Waals surface area contributed by atoms with Crippen molar-refractivity contribution < 1.29 is 4.39 Å². The molecule has 0 atom stereocenters. The highest BCUT2D eigenvalue weighted by atomic mass is 19.1. The minimum absolute atomic E-state index is 0.0578. The number of hydrogen-bond acceptors (Lipinski definition) is 5. The van der Waals surface area contributed by atoms with Gasteiger partial charge in [0.05, 0.1) is 22.7 Å². The van der Waals surface area contributed by atoms with Gasteiger partial charge < -0.3 is 4.98 Å². The third kappa shape index (κ3) is 4.32. The third-order valence-corrected chi connectivity index (χ3v) is 5.90. The minimum Gasteiger partial charge on any atom is -0.305 e. The monoisotopic (exact) mass is 417 g/mol. The molecule has 0 fully saturated rings. The van der Waals surface area contributed by atoms with Crippen LogP contribution in [0.25, 0.3) is 11.3 Å². The molecule has 1 aromatic carbocycles. The van der Waals surface area contributed by atoms with Gasteiger partial charge in [0.25, 0.3) is 5.56 Å². The van der Waals surface area contributed by atoms with Crippen LogP contribution in [0.1, 0.15) is 41.9 Å². The summed E-state index contributed by atoms with van der Waals surface area (Å²) in [6, 6.07) is 10.4. The number of aliphatic imine (C=N–C) groups is 1. The van der Waals surface area contributed by atoms with E-state index in [-0.39, 0.29) is 11.4 Å². The van der Waals surface area contributed by atoms with Crippen molar-refractivity contribution in [3.63, 3.8) is 0 Å². The second kappa shape index (κ2) is 8.51. The van der Waals surface area contributed by atoms with Crippen LogP contribution in [0, 0.1) is 5.82 Å². The van der Waals surface area contributed by atoms with Crippen LogP contribution in [0.15, 0.2) is 52.4 Å². The molecule has 7 heteroatoms. The highest BCUT2D eigenvalue weighted by Crippen LogP contribution is 2.21. The molecule has 0 spiro atoms. The molecular formula is C24H24FN5O. The molecule has 2 aromatic heterocycles. The number of pyridine rings is 1. The van der Waals surface area contributed by atoms with Crippen molar-refractivity contribution in [2.75, 3.05) is 13.1 Å². The summed E-state index contributed by atoms with van der Waals surface area (Å²) >= 11 is 0. The van der Waals surface area contributed by atoms with Gasteiger partial charge in [0.2, 0.25) is 0 Å². The predicted molar refractivity (Wildman–Crippen MR) is 118 cm³/mol. The summed E-state index contributed by atoms with van der Waals surface area (Å²) < 4.78 is 13.5. The van der Waals surface area contributed by atoms with E-state index >= 15 is 0 Å². The lowest BCUT2D eigenvalue weighted by Crippen LogP contribution is -2.36. The van der Waals surface area contributed by atoms with Crippen molar-refractivity contribution in [1.29, 1.82) is 0 Å². The molecule has 158 valence electrons. The smallest absolute Gasteiger partial charge is 0.255 e. The zero-order valence-corrected chi connectivity index (χ0v) is 17.3. The van der Waals surface area contributed by atoms with Gasteiger partial charge in [0.1, 0.15) is 5.82 Å². The molecule has 6 nitrogen and oxygen atoms in total. The van der Waals surface area contributed by atoms with Crippen molar-refractivity contribution in [2.45, 2.75) is 38.8 Å². The summed E-state index contributed by atoms with van der Waals surface area (Å²) in [5.74, 6) is 0.377. The first kappa shape index (κ1) is 19.8. The molecule has 0 radical (unpaired) electrons. The summed E-state index contributed by atoms with van der Waals surface area (Å²) in [4.78, 5) is 31.7. The van der Waals surface area contributed by atoms with Gasteiger partial charge in [-0.15, -0.1) is 0 Å². The second-order valence-electron chi connectivity index (χ2n) is 8.15. The molecule has 3 aromatic rings. The summed E-state index contributed by atoms with van der Waals surface area (Å²) in [5.41, 5.74) is 5.07. The first-order valence-electron chi connectivity index (χ1n) is 10.7. The van der Waals surface area contributed by atoms with E-state index < -0.39 is 0 Å². The van der Waals surface area contributed by atoms with Crippen molar-refractivity contribution in [2.24, 2.45) is 4.99 Å². The van der Waals surface area contributed by atoms with Crippen LogP contribution < -0.4 is 5.56 Å². The average Bonchev–Trinajstić information content (AvgIpc) is 2.80. The Bertz CT molecular complexity index is 1190. The van der Waals surface area contributed by atoms with Crippen LogP contribution in [0.5, 0.6) is 0 Å². The Balaban J connectivity index is 1.30. The van der Waals surface area contributed by atoms with E-state index in [2.05, 4.69) is 19.9 Å².